The second-order valence-electron chi connectivity index (χ2n) is 9.70. The van der Waals surface area contributed by atoms with E-state index in [0.717, 1.165) is 23.5 Å². The highest BCUT2D eigenvalue weighted by Gasteiger charge is 2.24. The van der Waals surface area contributed by atoms with E-state index < -0.39 is 11.9 Å². The second-order valence-corrected chi connectivity index (χ2v) is 9.70. The normalized spacial score (nSPS) is 14.3. The maximum absolute atomic E-state index is 15.1. The molecule has 9 nitrogen and oxygen atoms in total. The zero-order chi connectivity index (χ0) is 25.7. The van der Waals surface area contributed by atoms with E-state index in [1.165, 1.54) is 18.9 Å². The number of hydrogen-bond donors (Lipinski definition) is 2. The van der Waals surface area contributed by atoms with Crippen molar-refractivity contribution in [2.24, 2.45) is 5.92 Å². The molecule has 6 rings (SSSR count). The summed E-state index contributed by atoms with van der Waals surface area (Å²) in [6, 6.07) is 10.3. The van der Waals surface area contributed by atoms with Crippen molar-refractivity contribution in [1.82, 2.24) is 34.5 Å². The number of fused-ring (bicyclic) bond motifs is 1. The fourth-order valence-electron chi connectivity index (χ4n) is 4.47. The van der Waals surface area contributed by atoms with Crippen LogP contribution in [0.5, 0.6) is 0 Å². The van der Waals surface area contributed by atoms with Crippen LogP contribution < -0.4 is 5.32 Å². The number of aromatic nitrogens is 7. The highest BCUT2D eigenvalue weighted by molar-refractivity contribution is 5.82. The van der Waals surface area contributed by atoms with Gasteiger partial charge in [0.05, 0.1) is 39.9 Å². The minimum atomic E-state index is -0.710. The molecule has 4 aromatic heterocycles. The Kier molecular flexibility index (Phi) is 5.68. The van der Waals surface area contributed by atoms with E-state index in [1.807, 2.05) is 36.9 Å². The average Bonchev–Trinajstić information content (AvgIpc) is 3.48. The topological polar surface area (TPSA) is 107 Å². The summed E-state index contributed by atoms with van der Waals surface area (Å²) in [5.74, 6) is 1.25. The van der Waals surface area contributed by atoms with Gasteiger partial charge >= 0.3 is 0 Å². The van der Waals surface area contributed by atoms with Crippen molar-refractivity contribution in [1.29, 1.82) is 0 Å². The molecule has 1 aliphatic rings. The molecule has 5 aromatic rings. The number of aryl methyl sites for hydroxylation is 2. The predicted molar refractivity (Wildman–Crippen MR) is 138 cm³/mol. The zero-order valence-electron chi connectivity index (χ0n) is 20.9. The van der Waals surface area contributed by atoms with Gasteiger partial charge in [-0.05, 0) is 63.8 Å². The Morgan fingerprint density at radius 3 is 2.70 bits per heavy atom. The maximum atomic E-state index is 15.1. The van der Waals surface area contributed by atoms with E-state index in [0.29, 0.717) is 39.8 Å². The first-order valence-electron chi connectivity index (χ1n) is 12.3. The zero-order valence-corrected chi connectivity index (χ0v) is 20.9. The number of hydrogen-bond acceptors (Lipinski definition) is 7. The molecule has 1 atom stereocenters. The molecule has 0 bridgehead atoms. The molecular formula is C27H27FN8O. The summed E-state index contributed by atoms with van der Waals surface area (Å²) in [7, 11) is 0. The summed E-state index contributed by atoms with van der Waals surface area (Å²) in [5, 5.41) is 26.2. The summed E-state index contributed by atoms with van der Waals surface area (Å²) in [4.78, 5) is 9.40. The Hall–Kier alpha value is -4.18. The highest BCUT2D eigenvalue weighted by atomic mass is 19.1. The smallest absolute Gasteiger partial charge is 0.153 e. The minimum Gasteiger partial charge on any atom is -0.389 e. The Bertz CT molecular complexity index is 1600. The molecule has 4 heterocycles. The maximum Gasteiger partial charge on any atom is 0.153 e. The van der Waals surface area contributed by atoms with Crippen LogP contribution in [0.2, 0.25) is 0 Å². The van der Waals surface area contributed by atoms with Crippen molar-refractivity contribution < 1.29 is 9.50 Å². The Labute approximate surface area is 213 Å². The Morgan fingerprint density at radius 2 is 1.97 bits per heavy atom. The molecule has 0 saturated heterocycles. The van der Waals surface area contributed by atoms with E-state index in [2.05, 4.69) is 25.6 Å². The molecular weight excluding hydrogens is 471 g/mol. The second kappa shape index (κ2) is 9.04. The fraction of sp³-hybridized carbons (Fsp3) is 0.296. The number of nitrogens with zero attached hydrogens (tertiary/aromatic N) is 7. The third-order valence-corrected chi connectivity index (χ3v) is 6.65. The van der Waals surface area contributed by atoms with Crippen LogP contribution in [0.25, 0.3) is 28.1 Å². The number of anilines is 2. The summed E-state index contributed by atoms with van der Waals surface area (Å²) >= 11 is 0. The van der Waals surface area contributed by atoms with Crippen LogP contribution >= 0.6 is 0 Å². The third-order valence-electron chi connectivity index (χ3n) is 6.65. The molecule has 0 spiro atoms. The van der Waals surface area contributed by atoms with E-state index >= 15 is 4.39 Å². The van der Waals surface area contributed by atoms with Gasteiger partial charge in [0.1, 0.15) is 18.0 Å². The molecule has 1 aromatic carbocycles. The van der Waals surface area contributed by atoms with Gasteiger partial charge in [-0.2, -0.15) is 10.2 Å². The third kappa shape index (κ3) is 4.55. The van der Waals surface area contributed by atoms with Crippen LogP contribution in [0.4, 0.5) is 15.9 Å². The van der Waals surface area contributed by atoms with E-state index in [4.69, 9.17) is 4.98 Å². The molecule has 2 N–H and O–H groups in total. The lowest BCUT2D eigenvalue weighted by Crippen LogP contribution is -2.04. The van der Waals surface area contributed by atoms with Crippen molar-refractivity contribution in [2.45, 2.75) is 46.3 Å². The van der Waals surface area contributed by atoms with Crippen LogP contribution in [-0.2, 0) is 6.54 Å². The van der Waals surface area contributed by atoms with Crippen molar-refractivity contribution in [3.8, 4) is 17.1 Å². The van der Waals surface area contributed by atoms with Crippen molar-refractivity contribution in [2.75, 3.05) is 5.32 Å². The molecule has 0 amide bonds. The lowest BCUT2D eigenvalue weighted by Gasteiger charge is -2.14. The SMILES string of the molecule is Cc1ccc(Nc2cc3ncn(-c4ccc(C(C)O)c(-c5cn(CC6CC6)nc5C)n4)c3cc2F)nn1. The Morgan fingerprint density at radius 1 is 1.14 bits per heavy atom. The molecule has 0 radical (unpaired) electrons. The number of aliphatic hydroxyl groups is 1. The van der Waals surface area contributed by atoms with E-state index in [9.17, 15) is 5.11 Å². The monoisotopic (exact) mass is 498 g/mol. The van der Waals surface area contributed by atoms with Gasteiger partial charge in [0.15, 0.2) is 5.82 Å². The first kappa shape index (κ1) is 23.2. The Balaban J connectivity index is 1.39. The van der Waals surface area contributed by atoms with Crippen molar-refractivity contribution in [3.63, 3.8) is 0 Å². The van der Waals surface area contributed by atoms with Gasteiger partial charge in [-0.1, -0.05) is 6.07 Å². The first-order chi connectivity index (χ1) is 17.9. The predicted octanol–water partition coefficient (Wildman–Crippen LogP) is 5.04. The lowest BCUT2D eigenvalue weighted by molar-refractivity contribution is 0.199. The molecule has 0 aliphatic heterocycles. The van der Waals surface area contributed by atoms with Crippen LogP contribution in [0.1, 0.15) is 42.8 Å². The van der Waals surface area contributed by atoms with Gasteiger partial charge < -0.3 is 10.4 Å². The minimum absolute atomic E-state index is 0.257. The molecule has 1 fully saturated rings. The van der Waals surface area contributed by atoms with Crippen molar-refractivity contribution >= 4 is 22.5 Å². The quantitative estimate of drug-likeness (QED) is 0.324. The molecule has 1 saturated carbocycles. The van der Waals surface area contributed by atoms with Gasteiger partial charge in [-0.3, -0.25) is 9.25 Å². The van der Waals surface area contributed by atoms with Gasteiger partial charge in [0, 0.05) is 29.9 Å². The number of halogens is 1. The molecule has 1 unspecified atom stereocenters. The molecule has 37 heavy (non-hydrogen) atoms. The highest BCUT2D eigenvalue weighted by Crippen LogP contribution is 2.34. The number of aliphatic hydroxyl groups excluding tert-OH is 1. The summed E-state index contributed by atoms with van der Waals surface area (Å²) < 4.78 is 18.8. The number of rotatable bonds is 7. The van der Waals surface area contributed by atoms with Crippen LogP contribution in [-0.4, -0.2) is 39.6 Å². The van der Waals surface area contributed by atoms with Gasteiger partial charge in [0.25, 0.3) is 0 Å². The standard InChI is InChI=1S/C27H27FN8O/c1-15-4-8-25(33-32-15)30-22-11-23-24(10-21(22)28)36(14-29-23)26-9-7-19(17(3)37)27(31-26)20-13-35(34-16(20)2)12-18-5-6-18/h4,7-11,13-14,17-18,37H,5-6,12H2,1-3H3,(H,30,33). The summed E-state index contributed by atoms with van der Waals surface area (Å²) in [6.45, 7) is 6.40. The fourth-order valence-corrected chi connectivity index (χ4v) is 4.47. The largest absolute Gasteiger partial charge is 0.389 e. The van der Waals surface area contributed by atoms with E-state index in [-0.39, 0.29) is 5.69 Å². The molecule has 1 aliphatic carbocycles. The summed E-state index contributed by atoms with van der Waals surface area (Å²) in [5.41, 5.74) is 5.29. The van der Waals surface area contributed by atoms with Gasteiger partial charge in [-0.25, -0.2) is 14.4 Å². The average molecular weight is 499 g/mol. The number of benzene rings is 1. The summed E-state index contributed by atoms with van der Waals surface area (Å²) in [6.07, 6.45) is 5.39. The number of imidazole rings is 1. The van der Waals surface area contributed by atoms with Gasteiger partial charge in [0.2, 0.25) is 0 Å². The molecule has 10 heteroatoms. The molecule has 188 valence electrons. The van der Waals surface area contributed by atoms with Crippen LogP contribution in [0.3, 0.4) is 0 Å². The van der Waals surface area contributed by atoms with Crippen LogP contribution in [0, 0.1) is 25.6 Å². The van der Waals surface area contributed by atoms with Crippen molar-refractivity contribution in [3.05, 3.63) is 71.7 Å². The first-order valence-corrected chi connectivity index (χ1v) is 12.3. The van der Waals surface area contributed by atoms with Gasteiger partial charge in [-0.15, -0.1) is 5.10 Å². The van der Waals surface area contributed by atoms with E-state index in [1.54, 1.807) is 36.0 Å². The lowest BCUT2D eigenvalue weighted by atomic mass is 10.0. The van der Waals surface area contributed by atoms with Crippen LogP contribution in [0.15, 0.2) is 48.9 Å². The number of pyridine rings is 1. The number of nitrogens with one attached hydrogen (secondary N) is 1.